The molecule has 206 valence electrons. The van der Waals surface area contributed by atoms with Crippen LogP contribution in [0.4, 0.5) is 5.69 Å². The first kappa shape index (κ1) is 28.3. The molecule has 2 unspecified atom stereocenters. The van der Waals surface area contributed by atoms with Crippen LogP contribution < -0.4 is 19.1 Å². The van der Waals surface area contributed by atoms with Crippen molar-refractivity contribution < 1.29 is 33.3 Å². The van der Waals surface area contributed by atoms with Crippen LogP contribution in [0.3, 0.4) is 0 Å². The van der Waals surface area contributed by atoms with Crippen molar-refractivity contribution in [2.75, 3.05) is 32.8 Å². The minimum Gasteiger partial charge on any atom is -0.497 e. The maximum absolute atomic E-state index is 14.1. The molecule has 0 bridgehead atoms. The van der Waals surface area contributed by atoms with Gasteiger partial charge in [0.2, 0.25) is 0 Å². The maximum Gasteiger partial charge on any atom is 0.308 e. The fraction of sp³-hybridized carbons (Fsp3) is 0.333. The van der Waals surface area contributed by atoms with Crippen LogP contribution in [0.1, 0.15) is 41.7 Å². The maximum atomic E-state index is 14.1. The first-order valence-corrected chi connectivity index (χ1v) is 12.9. The number of para-hydroxylation sites is 1. The lowest BCUT2D eigenvalue weighted by atomic mass is 9.96. The molecule has 9 heteroatoms. The molecule has 3 aromatic carbocycles. The predicted octanol–water partition coefficient (Wildman–Crippen LogP) is 5.65. The molecule has 0 saturated heterocycles. The highest BCUT2D eigenvalue weighted by Crippen LogP contribution is 2.44. The molecule has 0 N–H and O–H groups in total. The highest BCUT2D eigenvalue weighted by molar-refractivity contribution is 6.30. The van der Waals surface area contributed by atoms with E-state index in [-0.39, 0.29) is 19.6 Å². The number of benzene rings is 3. The SMILES string of the molecule is CCOC(=O)CC1OC(c2cccc(C)c2OC)c2cc(Cl)ccc2N(Cc2ccc(OC)cc2OC)C1=O. The number of hydrogen-bond acceptors (Lipinski definition) is 7. The number of rotatable bonds is 9. The molecule has 1 amide bonds. The number of carbonyl (C=O) groups is 2. The summed E-state index contributed by atoms with van der Waals surface area (Å²) in [7, 11) is 4.72. The number of anilines is 1. The van der Waals surface area contributed by atoms with Gasteiger partial charge in [-0.25, -0.2) is 0 Å². The average molecular weight is 554 g/mol. The van der Waals surface area contributed by atoms with Crippen molar-refractivity contribution in [3.05, 3.63) is 81.9 Å². The summed E-state index contributed by atoms with van der Waals surface area (Å²) in [4.78, 5) is 28.3. The number of fused-ring (bicyclic) bond motifs is 1. The van der Waals surface area contributed by atoms with Crippen LogP contribution in [0.5, 0.6) is 17.2 Å². The zero-order valence-corrected chi connectivity index (χ0v) is 23.4. The standard InChI is InChI=1S/C30H32ClNO7/c1-6-38-27(33)16-26-30(34)32(17-19-10-12-21(35-3)15-25(19)36-4)24-13-11-20(31)14-23(24)29(39-26)22-9-7-8-18(2)28(22)37-5/h7-15,26,29H,6,16-17H2,1-5H3. The third-order valence-corrected chi connectivity index (χ3v) is 6.85. The Bertz CT molecular complexity index is 1360. The molecule has 2 atom stereocenters. The summed E-state index contributed by atoms with van der Waals surface area (Å²) in [6.07, 6.45) is -2.13. The highest BCUT2D eigenvalue weighted by Gasteiger charge is 2.39. The second-order valence-corrected chi connectivity index (χ2v) is 9.45. The first-order valence-electron chi connectivity index (χ1n) is 12.6. The normalized spacial score (nSPS) is 16.8. The summed E-state index contributed by atoms with van der Waals surface area (Å²) in [5.41, 5.74) is 3.63. The summed E-state index contributed by atoms with van der Waals surface area (Å²) in [6, 6.07) is 16.4. The quantitative estimate of drug-likeness (QED) is 0.317. The van der Waals surface area contributed by atoms with Crippen LogP contribution in [-0.4, -0.2) is 45.9 Å². The van der Waals surface area contributed by atoms with Gasteiger partial charge in [0.25, 0.3) is 5.91 Å². The summed E-state index contributed by atoms with van der Waals surface area (Å²) in [5, 5.41) is 0.479. The Morgan fingerprint density at radius 3 is 2.49 bits per heavy atom. The number of hydrogen-bond donors (Lipinski definition) is 0. The van der Waals surface area contributed by atoms with E-state index in [2.05, 4.69) is 0 Å². The smallest absolute Gasteiger partial charge is 0.308 e. The number of aryl methyl sites for hydroxylation is 1. The molecule has 4 rings (SSSR count). The number of methoxy groups -OCH3 is 3. The molecule has 0 saturated carbocycles. The molecule has 3 aromatic rings. The first-order chi connectivity index (χ1) is 18.8. The Morgan fingerprint density at radius 2 is 1.79 bits per heavy atom. The number of halogens is 1. The molecule has 0 aliphatic carbocycles. The summed E-state index contributed by atoms with van der Waals surface area (Å²) < 4.78 is 28.3. The van der Waals surface area contributed by atoms with Crippen LogP contribution in [0.25, 0.3) is 0 Å². The van der Waals surface area contributed by atoms with Gasteiger partial charge in [0, 0.05) is 27.8 Å². The van der Waals surface area contributed by atoms with Crippen molar-refractivity contribution >= 4 is 29.2 Å². The Kier molecular flexibility index (Phi) is 8.99. The fourth-order valence-corrected chi connectivity index (χ4v) is 4.97. The topological polar surface area (TPSA) is 83.5 Å². The van der Waals surface area contributed by atoms with E-state index in [0.29, 0.717) is 39.1 Å². The summed E-state index contributed by atoms with van der Waals surface area (Å²) >= 11 is 6.48. The predicted molar refractivity (Wildman–Crippen MR) is 148 cm³/mol. The summed E-state index contributed by atoms with van der Waals surface area (Å²) in [5.74, 6) is 0.887. The van der Waals surface area contributed by atoms with Gasteiger partial charge in [0.05, 0.1) is 46.6 Å². The molecule has 0 fully saturated rings. The van der Waals surface area contributed by atoms with Crippen molar-refractivity contribution in [1.29, 1.82) is 0 Å². The number of carbonyl (C=O) groups excluding carboxylic acids is 2. The van der Waals surface area contributed by atoms with Crippen molar-refractivity contribution in [3.8, 4) is 17.2 Å². The molecule has 0 spiro atoms. The van der Waals surface area contributed by atoms with Gasteiger partial charge in [0.1, 0.15) is 29.5 Å². The molecular weight excluding hydrogens is 522 g/mol. The second-order valence-electron chi connectivity index (χ2n) is 9.02. The van der Waals surface area contributed by atoms with Crippen LogP contribution >= 0.6 is 11.6 Å². The number of esters is 1. The monoisotopic (exact) mass is 553 g/mol. The highest BCUT2D eigenvalue weighted by atomic mass is 35.5. The van der Waals surface area contributed by atoms with E-state index in [1.54, 1.807) is 63.5 Å². The molecule has 39 heavy (non-hydrogen) atoms. The molecular formula is C30H32ClNO7. The zero-order valence-electron chi connectivity index (χ0n) is 22.7. The number of ether oxygens (including phenoxy) is 5. The zero-order chi connectivity index (χ0) is 28.1. The lowest BCUT2D eigenvalue weighted by molar-refractivity contribution is -0.151. The number of nitrogens with zero attached hydrogens (tertiary/aromatic N) is 1. The van der Waals surface area contributed by atoms with Crippen molar-refractivity contribution in [2.45, 2.75) is 39.0 Å². The Hall–Kier alpha value is -3.75. The molecule has 0 aromatic heterocycles. The van der Waals surface area contributed by atoms with E-state index >= 15 is 0 Å². The molecule has 1 aliphatic heterocycles. The lowest BCUT2D eigenvalue weighted by Crippen LogP contribution is -2.40. The number of amides is 1. The van der Waals surface area contributed by atoms with Gasteiger partial charge in [0.15, 0.2) is 0 Å². The minimum atomic E-state index is -1.13. The molecule has 0 radical (unpaired) electrons. The fourth-order valence-electron chi connectivity index (χ4n) is 4.79. The Labute approximate surface area is 233 Å². The third kappa shape index (κ3) is 5.97. The van der Waals surface area contributed by atoms with Crippen LogP contribution in [0.2, 0.25) is 5.02 Å². The van der Waals surface area contributed by atoms with E-state index in [4.69, 9.17) is 35.3 Å². The minimum absolute atomic E-state index is 0.154. The largest absolute Gasteiger partial charge is 0.497 e. The van der Waals surface area contributed by atoms with E-state index in [9.17, 15) is 9.59 Å². The van der Waals surface area contributed by atoms with E-state index in [1.165, 1.54) is 0 Å². The molecule has 8 nitrogen and oxygen atoms in total. The van der Waals surface area contributed by atoms with Crippen LogP contribution in [-0.2, 0) is 25.6 Å². The third-order valence-electron chi connectivity index (χ3n) is 6.61. The van der Waals surface area contributed by atoms with Crippen molar-refractivity contribution in [3.63, 3.8) is 0 Å². The van der Waals surface area contributed by atoms with Gasteiger partial charge in [-0.1, -0.05) is 29.8 Å². The Morgan fingerprint density at radius 1 is 1.00 bits per heavy atom. The van der Waals surface area contributed by atoms with E-state index in [1.807, 2.05) is 31.2 Å². The van der Waals surface area contributed by atoms with E-state index in [0.717, 1.165) is 11.1 Å². The molecule has 1 heterocycles. The van der Waals surface area contributed by atoms with Gasteiger partial charge in [-0.15, -0.1) is 0 Å². The Balaban J connectivity index is 1.89. The van der Waals surface area contributed by atoms with Gasteiger partial charge in [-0.05, 0) is 49.7 Å². The van der Waals surface area contributed by atoms with Gasteiger partial charge in [-0.2, -0.15) is 0 Å². The summed E-state index contributed by atoms with van der Waals surface area (Å²) in [6.45, 7) is 3.99. The van der Waals surface area contributed by atoms with Gasteiger partial charge < -0.3 is 28.6 Å². The van der Waals surface area contributed by atoms with Crippen LogP contribution in [0, 0.1) is 6.92 Å². The van der Waals surface area contributed by atoms with Crippen molar-refractivity contribution in [2.24, 2.45) is 0 Å². The second kappa shape index (κ2) is 12.4. The van der Waals surface area contributed by atoms with Gasteiger partial charge in [-0.3, -0.25) is 9.59 Å². The lowest BCUT2D eigenvalue weighted by Gasteiger charge is -2.26. The molecule has 1 aliphatic rings. The van der Waals surface area contributed by atoms with E-state index < -0.39 is 24.1 Å². The van der Waals surface area contributed by atoms with Crippen molar-refractivity contribution in [1.82, 2.24) is 0 Å². The average Bonchev–Trinajstić information content (AvgIpc) is 3.03. The van der Waals surface area contributed by atoms with Crippen LogP contribution in [0.15, 0.2) is 54.6 Å². The van der Waals surface area contributed by atoms with Gasteiger partial charge >= 0.3 is 5.97 Å².